The lowest BCUT2D eigenvalue weighted by atomic mass is 10.1. The van der Waals surface area contributed by atoms with Crippen LogP contribution in [0.1, 0.15) is 27.7 Å². The molecule has 0 aromatic heterocycles. The highest BCUT2D eigenvalue weighted by molar-refractivity contribution is 5.85. The molecule has 116 valence electrons. The van der Waals surface area contributed by atoms with Gasteiger partial charge in [0.25, 0.3) is 0 Å². The summed E-state index contributed by atoms with van der Waals surface area (Å²) in [4.78, 5) is 26.2. The van der Waals surface area contributed by atoms with Crippen LogP contribution in [-0.2, 0) is 9.59 Å². The van der Waals surface area contributed by atoms with Crippen molar-refractivity contribution in [3.63, 3.8) is 0 Å². The quantitative estimate of drug-likeness (QED) is 0.618. The van der Waals surface area contributed by atoms with Crippen molar-refractivity contribution >= 4 is 11.8 Å². The van der Waals surface area contributed by atoms with Gasteiger partial charge in [0, 0.05) is 32.7 Å². The SMILES string of the molecule is CCNC(=O)C1CNCCN1C(C)C(=O)NCC(C)C. The van der Waals surface area contributed by atoms with Crippen LogP contribution in [0.4, 0.5) is 0 Å². The highest BCUT2D eigenvalue weighted by atomic mass is 16.2. The van der Waals surface area contributed by atoms with Gasteiger partial charge >= 0.3 is 0 Å². The Hall–Kier alpha value is -1.14. The van der Waals surface area contributed by atoms with E-state index >= 15 is 0 Å². The molecule has 0 aromatic rings. The van der Waals surface area contributed by atoms with Crippen molar-refractivity contribution in [2.75, 3.05) is 32.7 Å². The Labute approximate surface area is 121 Å². The summed E-state index contributed by atoms with van der Waals surface area (Å²) in [7, 11) is 0. The molecule has 0 aliphatic carbocycles. The smallest absolute Gasteiger partial charge is 0.238 e. The fourth-order valence-corrected chi connectivity index (χ4v) is 2.32. The number of nitrogens with one attached hydrogen (secondary N) is 3. The minimum Gasteiger partial charge on any atom is -0.355 e. The van der Waals surface area contributed by atoms with Gasteiger partial charge in [0.05, 0.1) is 6.04 Å². The number of carbonyl (C=O) groups excluding carboxylic acids is 2. The van der Waals surface area contributed by atoms with Gasteiger partial charge in [-0.2, -0.15) is 0 Å². The summed E-state index contributed by atoms with van der Waals surface area (Å²) < 4.78 is 0. The Bertz CT molecular complexity index is 333. The number of nitrogens with zero attached hydrogens (tertiary/aromatic N) is 1. The van der Waals surface area contributed by atoms with E-state index in [0.717, 1.165) is 6.54 Å². The summed E-state index contributed by atoms with van der Waals surface area (Å²) in [5.41, 5.74) is 0. The minimum atomic E-state index is -0.288. The lowest BCUT2D eigenvalue weighted by molar-refractivity contribution is -0.133. The Morgan fingerprint density at radius 3 is 2.60 bits per heavy atom. The van der Waals surface area contributed by atoms with Crippen molar-refractivity contribution in [1.29, 1.82) is 0 Å². The molecule has 1 fully saturated rings. The molecule has 1 saturated heterocycles. The predicted octanol–water partition coefficient (Wildman–Crippen LogP) is -0.443. The standard InChI is InChI=1S/C14H28N4O2/c1-5-16-14(20)12-9-15-6-7-18(12)11(4)13(19)17-8-10(2)3/h10-12,15H,5-9H2,1-4H3,(H,16,20)(H,17,19). The molecule has 2 atom stereocenters. The summed E-state index contributed by atoms with van der Waals surface area (Å²) in [5, 5.41) is 8.99. The van der Waals surface area contributed by atoms with Crippen LogP contribution < -0.4 is 16.0 Å². The summed E-state index contributed by atoms with van der Waals surface area (Å²) in [6, 6.07) is -0.563. The molecule has 1 heterocycles. The first-order valence-electron chi connectivity index (χ1n) is 7.49. The topological polar surface area (TPSA) is 73.5 Å². The molecule has 0 radical (unpaired) electrons. The van der Waals surface area contributed by atoms with Crippen LogP contribution >= 0.6 is 0 Å². The molecule has 0 aromatic carbocycles. The van der Waals surface area contributed by atoms with E-state index in [1.165, 1.54) is 0 Å². The average molecular weight is 284 g/mol. The normalized spacial score (nSPS) is 21.6. The number of carbonyl (C=O) groups is 2. The maximum Gasteiger partial charge on any atom is 0.238 e. The zero-order valence-electron chi connectivity index (χ0n) is 13.0. The Morgan fingerprint density at radius 2 is 2.00 bits per heavy atom. The molecule has 1 aliphatic rings. The summed E-state index contributed by atoms with van der Waals surface area (Å²) in [6.45, 7) is 11.3. The molecule has 0 bridgehead atoms. The first-order valence-corrected chi connectivity index (χ1v) is 7.49. The molecule has 1 rings (SSSR count). The van der Waals surface area contributed by atoms with E-state index in [9.17, 15) is 9.59 Å². The molecular formula is C14H28N4O2. The van der Waals surface area contributed by atoms with Gasteiger partial charge in [-0.25, -0.2) is 0 Å². The zero-order chi connectivity index (χ0) is 15.1. The molecule has 3 N–H and O–H groups in total. The van der Waals surface area contributed by atoms with E-state index in [0.29, 0.717) is 32.1 Å². The van der Waals surface area contributed by atoms with Gasteiger partial charge in [0.2, 0.25) is 11.8 Å². The zero-order valence-corrected chi connectivity index (χ0v) is 13.0. The summed E-state index contributed by atoms with van der Waals surface area (Å²) in [5.74, 6) is 0.409. The molecule has 1 aliphatic heterocycles. The van der Waals surface area contributed by atoms with Crippen LogP contribution in [0.5, 0.6) is 0 Å². The number of hydrogen-bond donors (Lipinski definition) is 3. The van der Waals surface area contributed by atoms with Crippen molar-refractivity contribution in [3.8, 4) is 0 Å². The van der Waals surface area contributed by atoms with Crippen molar-refractivity contribution < 1.29 is 9.59 Å². The number of likely N-dealkylation sites (N-methyl/N-ethyl adjacent to an activating group) is 1. The van der Waals surface area contributed by atoms with Crippen molar-refractivity contribution in [3.05, 3.63) is 0 Å². The maximum atomic E-state index is 12.2. The van der Waals surface area contributed by atoms with E-state index in [4.69, 9.17) is 0 Å². The molecule has 2 amide bonds. The van der Waals surface area contributed by atoms with Crippen molar-refractivity contribution in [2.24, 2.45) is 5.92 Å². The van der Waals surface area contributed by atoms with Crippen LogP contribution in [0.25, 0.3) is 0 Å². The van der Waals surface area contributed by atoms with E-state index in [1.807, 2.05) is 18.7 Å². The van der Waals surface area contributed by atoms with Gasteiger partial charge in [-0.3, -0.25) is 14.5 Å². The van der Waals surface area contributed by atoms with Crippen LogP contribution in [0, 0.1) is 5.92 Å². The predicted molar refractivity (Wildman–Crippen MR) is 79.4 cm³/mol. The van der Waals surface area contributed by atoms with Gasteiger partial charge in [-0.15, -0.1) is 0 Å². The maximum absolute atomic E-state index is 12.2. The van der Waals surface area contributed by atoms with Crippen LogP contribution in [-0.4, -0.2) is 61.5 Å². The van der Waals surface area contributed by atoms with E-state index in [1.54, 1.807) is 0 Å². The van der Waals surface area contributed by atoms with Gasteiger partial charge in [0.15, 0.2) is 0 Å². The molecule has 6 heteroatoms. The lowest BCUT2D eigenvalue weighted by Gasteiger charge is -2.38. The molecular weight excluding hydrogens is 256 g/mol. The third-order valence-corrected chi connectivity index (χ3v) is 3.50. The second kappa shape index (κ2) is 8.21. The Kier molecular flexibility index (Phi) is 6.95. The monoisotopic (exact) mass is 284 g/mol. The van der Waals surface area contributed by atoms with E-state index in [2.05, 4.69) is 29.8 Å². The van der Waals surface area contributed by atoms with Crippen molar-refractivity contribution in [2.45, 2.75) is 39.8 Å². The number of piperazine rings is 1. The molecule has 6 nitrogen and oxygen atoms in total. The van der Waals surface area contributed by atoms with Gasteiger partial charge in [0.1, 0.15) is 6.04 Å². The molecule has 0 saturated carbocycles. The lowest BCUT2D eigenvalue weighted by Crippen LogP contribution is -2.62. The first-order chi connectivity index (χ1) is 9.47. The van der Waals surface area contributed by atoms with Gasteiger partial charge < -0.3 is 16.0 Å². The van der Waals surface area contributed by atoms with Crippen LogP contribution in [0.15, 0.2) is 0 Å². The highest BCUT2D eigenvalue weighted by Gasteiger charge is 2.34. The summed E-state index contributed by atoms with van der Waals surface area (Å²) >= 11 is 0. The fraction of sp³-hybridized carbons (Fsp3) is 0.857. The molecule has 2 unspecified atom stereocenters. The number of hydrogen-bond acceptors (Lipinski definition) is 4. The van der Waals surface area contributed by atoms with Crippen LogP contribution in [0.3, 0.4) is 0 Å². The molecule has 20 heavy (non-hydrogen) atoms. The van der Waals surface area contributed by atoms with Crippen LogP contribution in [0.2, 0.25) is 0 Å². The summed E-state index contributed by atoms with van der Waals surface area (Å²) in [6.07, 6.45) is 0. The van der Waals surface area contributed by atoms with Gasteiger partial charge in [-0.05, 0) is 19.8 Å². The fourth-order valence-electron chi connectivity index (χ4n) is 2.32. The third kappa shape index (κ3) is 4.76. The third-order valence-electron chi connectivity index (χ3n) is 3.50. The molecule has 0 spiro atoms. The Morgan fingerprint density at radius 1 is 1.30 bits per heavy atom. The number of amides is 2. The first kappa shape index (κ1) is 16.9. The van der Waals surface area contributed by atoms with Crippen molar-refractivity contribution in [1.82, 2.24) is 20.9 Å². The minimum absolute atomic E-state index is 0.00472. The van der Waals surface area contributed by atoms with E-state index < -0.39 is 0 Å². The van der Waals surface area contributed by atoms with E-state index in [-0.39, 0.29) is 23.9 Å². The second-order valence-electron chi connectivity index (χ2n) is 5.67. The average Bonchev–Trinajstić information content (AvgIpc) is 2.44. The highest BCUT2D eigenvalue weighted by Crippen LogP contribution is 2.09. The van der Waals surface area contributed by atoms with Gasteiger partial charge in [-0.1, -0.05) is 13.8 Å². The Balaban J connectivity index is 2.64. The second-order valence-corrected chi connectivity index (χ2v) is 5.67. The largest absolute Gasteiger partial charge is 0.355 e. The number of rotatable bonds is 6.